The monoisotopic (exact) mass is 432 g/mol. The zero-order valence-electron chi connectivity index (χ0n) is 7.23. The zero-order chi connectivity index (χ0) is 10.1. The van der Waals surface area contributed by atoms with Gasteiger partial charge in [0.1, 0.15) is 0 Å². The summed E-state index contributed by atoms with van der Waals surface area (Å²) in [6.07, 6.45) is 0. The summed E-state index contributed by atoms with van der Waals surface area (Å²) in [6.45, 7) is 6.21. The van der Waals surface area contributed by atoms with Crippen molar-refractivity contribution >= 4 is 72.7 Å². The van der Waals surface area contributed by atoms with Gasteiger partial charge in [-0.3, -0.25) is 0 Å². The molecule has 2 atom stereocenters. The van der Waals surface area contributed by atoms with E-state index in [1.807, 2.05) is 0 Å². The second-order valence-electron chi connectivity index (χ2n) is 3.10. The quantitative estimate of drug-likeness (QED) is 0.617. The molecular formula is C3H9As3Cl2O4Si. The van der Waals surface area contributed by atoms with Crippen LogP contribution in [-0.2, 0) is 11.6 Å². The SMILES string of the molecule is C[Si](C)(C)O[As]1O[As](Cl)O[As](Cl)O1. The zero-order valence-corrected chi connectivity index (χ0v) is 15.4. The van der Waals surface area contributed by atoms with E-state index < -0.39 is 52.8 Å². The van der Waals surface area contributed by atoms with Crippen LogP contribution in [0.1, 0.15) is 0 Å². The first-order chi connectivity index (χ1) is 5.87. The fourth-order valence-electron chi connectivity index (χ4n) is 0.457. The van der Waals surface area contributed by atoms with E-state index in [4.69, 9.17) is 31.5 Å². The Morgan fingerprint density at radius 2 is 1.46 bits per heavy atom. The normalized spacial score (nSPS) is 36.2. The molecule has 78 valence electrons. The Kier molecular flexibility index (Phi) is 5.75. The molecule has 10 heteroatoms. The predicted octanol–water partition coefficient (Wildman–Crippen LogP) is 1.33. The first-order valence-corrected chi connectivity index (χ1v) is 17.0. The van der Waals surface area contributed by atoms with Crippen LogP contribution in [0.4, 0.5) is 0 Å². The van der Waals surface area contributed by atoms with Gasteiger partial charge in [-0.1, -0.05) is 0 Å². The molecule has 0 aromatic carbocycles. The fourth-order valence-corrected chi connectivity index (χ4v) is 23.3. The molecule has 0 aromatic rings. The van der Waals surface area contributed by atoms with E-state index in [9.17, 15) is 0 Å². The summed E-state index contributed by atoms with van der Waals surface area (Å²) < 4.78 is 21.4. The molecule has 1 rings (SSSR count). The molecular weight excluding hydrogens is 424 g/mol. The number of hydrogen-bond acceptors (Lipinski definition) is 4. The van der Waals surface area contributed by atoms with Crippen molar-refractivity contribution in [1.29, 1.82) is 0 Å². The topological polar surface area (TPSA) is 36.9 Å². The average molecular weight is 433 g/mol. The van der Waals surface area contributed by atoms with Gasteiger partial charge in [-0.15, -0.1) is 0 Å². The van der Waals surface area contributed by atoms with Crippen LogP contribution in [0.2, 0.25) is 19.6 Å². The molecule has 2 unspecified atom stereocenters. The standard InChI is InChI=1S/C3H9As3Cl2O4Si/c1-13(2,3)12-6-10-4(7)9-5(8)11-6/h1-3H3. The van der Waals surface area contributed by atoms with Crippen molar-refractivity contribution < 1.29 is 11.6 Å². The first-order valence-electron chi connectivity index (χ1n) is 3.32. The second kappa shape index (κ2) is 5.58. The molecule has 0 bridgehead atoms. The Bertz CT molecular complexity index is 171. The van der Waals surface area contributed by atoms with E-state index in [0.29, 0.717) is 0 Å². The summed E-state index contributed by atoms with van der Waals surface area (Å²) in [5.74, 6) is 0. The van der Waals surface area contributed by atoms with Gasteiger partial charge in [0.25, 0.3) is 0 Å². The van der Waals surface area contributed by atoms with Crippen LogP contribution in [0.25, 0.3) is 0 Å². The molecule has 13 heavy (non-hydrogen) atoms. The molecule has 1 aliphatic heterocycles. The van der Waals surface area contributed by atoms with Crippen LogP contribution < -0.4 is 0 Å². The van der Waals surface area contributed by atoms with Gasteiger partial charge in [-0.25, -0.2) is 0 Å². The Hall–Kier alpha value is 2.31. The third kappa shape index (κ3) is 5.82. The number of halogens is 2. The third-order valence-electron chi connectivity index (χ3n) is 0.739. The minimum absolute atomic E-state index is 1.62. The van der Waals surface area contributed by atoms with Crippen molar-refractivity contribution in [2.45, 2.75) is 19.6 Å². The van der Waals surface area contributed by atoms with Gasteiger partial charge < -0.3 is 0 Å². The van der Waals surface area contributed by atoms with Crippen molar-refractivity contribution in [3.63, 3.8) is 0 Å². The van der Waals surface area contributed by atoms with Crippen LogP contribution in [0.15, 0.2) is 0 Å². The summed E-state index contributed by atoms with van der Waals surface area (Å²) in [7, 11) is 9.95. The summed E-state index contributed by atoms with van der Waals surface area (Å²) in [4.78, 5) is 0. The summed E-state index contributed by atoms with van der Waals surface area (Å²) in [6, 6.07) is 0. The Morgan fingerprint density at radius 1 is 1.00 bits per heavy atom. The van der Waals surface area contributed by atoms with Gasteiger partial charge >= 0.3 is 104 Å². The molecule has 4 nitrogen and oxygen atoms in total. The predicted molar refractivity (Wildman–Crippen MR) is 56.7 cm³/mol. The van der Waals surface area contributed by atoms with E-state index in [0.717, 1.165) is 0 Å². The average Bonchev–Trinajstić information content (AvgIpc) is 1.78. The molecule has 0 amide bonds. The molecule has 0 saturated carbocycles. The van der Waals surface area contributed by atoms with E-state index in [-0.39, 0.29) is 0 Å². The molecule has 1 saturated heterocycles. The summed E-state index contributed by atoms with van der Waals surface area (Å²) >= 11 is -6.37. The molecule has 0 radical (unpaired) electrons. The summed E-state index contributed by atoms with van der Waals surface area (Å²) in [5.41, 5.74) is 0. The maximum absolute atomic E-state index is 5.78. The molecule has 1 heterocycles. The maximum atomic E-state index is 5.78. The van der Waals surface area contributed by atoms with E-state index in [2.05, 4.69) is 19.6 Å². The van der Waals surface area contributed by atoms with E-state index in [1.165, 1.54) is 0 Å². The Balaban J connectivity index is 2.42. The number of rotatable bonds is 2. The van der Waals surface area contributed by atoms with Crippen LogP contribution in [-0.4, -0.2) is 52.8 Å². The Morgan fingerprint density at radius 3 is 1.85 bits per heavy atom. The van der Waals surface area contributed by atoms with Gasteiger partial charge in [0, 0.05) is 0 Å². The van der Waals surface area contributed by atoms with E-state index >= 15 is 0 Å². The van der Waals surface area contributed by atoms with Crippen molar-refractivity contribution in [2.75, 3.05) is 0 Å². The Labute approximate surface area is 103 Å². The van der Waals surface area contributed by atoms with Crippen LogP contribution in [0, 0.1) is 0 Å². The minimum atomic E-state index is -2.13. The first kappa shape index (κ1) is 13.4. The van der Waals surface area contributed by atoms with Gasteiger partial charge in [0.05, 0.1) is 0 Å². The molecule has 1 aliphatic rings. The van der Waals surface area contributed by atoms with Crippen molar-refractivity contribution in [3.05, 3.63) is 0 Å². The second-order valence-corrected chi connectivity index (χ2v) is 20.6. The molecule has 0 spiro atoms. The van der Waals surface area contributed by atoms with Crippen molar-refractivity contribution in [2.24, 2.45) is 0 Å². The van der Waals surface area contributed by atoms with Crippen LogP contribution in [0.5, 0.6) is 0 Å². The fraction of sp³-hybridized carbons (Fsp3) is 1.00. The van der Waals surface area contributed by atoms with Gasteiger partial charge in [0.2, 0.25) is 0 Å². The number of hydrogen-bond donors (Lipinski definition) is 0. The third-order valence-corrected chi connectivity index (χ3v) is 22.6. The molecule has 1 fully saturated rings. The molecule has 0 aromatic heterocycles. The van der Waals surface area contributed by atoms with Crippen LogP contribution in [0.3, 0.4) is 0 Å². The molecule has 0 N–H and O–H groups in total. The van der Waals surface area contributed by atoms with E-state index in [1.54, 1.807) is 0 Å². The summed E-state index contributed by atoms with van der Waals surface area (Å²) in [5, 5.41) is 0. The van der Waals surface area contributed by atoms with Crippen LogP contribution >= 0.6 is 19.9 Å². The molecule has 0 aliphatic carbocycles. The van der Waals surface area contributed by atoms with Gasteiger partial charge in [-0.05, 0) is 0 Å². The van der Waals surface area contributed by atoms with Crippen molar-refractivity contribution in [1.82, 2.24) is 0 Å². The van der Waals surface area contributed by atoms with Gasteiger partial charge in [0.15, 0.2) is 0 Å². The van der Waals surface area contributed by atoms with Gasteiger partial charge in [-0.2, -0.15) is 0 Å². The van der Waals surface area contributed by atoms with Crippen molar-refractivity contribution in [3.8, 4) is 0 Å².